The maximum atomic E-state index is 3.52. The Bertz CT molecular complexity index is 198. The van der Waals surface area contributed by atoms with Crippen molar-refractivity contribution in [1.29, 1.82) is 0 Å². The van der Waals surface area contributed by atoms with Crippen LogP contribution in [0.4, 0.5) is 0 Å². The number of hydrogen-bond acceptors (Lipinski definition) is 3. The van der Waals surface area contributed by atoms with Gasteiger partial charge in [-0.05, 0) is 56.3 Å². The van der Waals surface area contributed by atoms with E-state index in [0.717, 1.165) is 17.9 Å². The molecule has 3 unspecified atom stereocenters. The third-order valence-electron chi connectivity index (χ3n) is 3.99. The molecule has 2 rings (SSSR count). The first-order valence-corrected chi connectivity index (χ1v) is 7.51. The van der Waals surface area contributed by atoms with Gasteiger partial charge in [0.05, 0.1) is 0 Å². The van der Waals surface area contributed by atoms with Gasteiger partial charge in [-0.25, -0.2) is 0 Å². The van der Waals surface area contributed by atoms with Crippen LogP contribution >= 0.6 is 11.8 Å². The van der Waals surface area contributed by atoms with E-state index in [2.05, 4.69) is 35.8 Å². The second kappa shape index (κ2) is 5.55. The molecular formula is C12H24N2S. The van der Waals surface area contributed by atoms with Crippen LogP contribution in [0.3, 0.4) is 0 Å². The van der Waals surface area contributed by atoms with E-state index in [1.807, 2.05) is 0 Å². The summed E-state index contributed by atoms with van der Waals surface area (Å²) in [5.74, 6) is 4.49. The predicted molar refractivity (Wildman–Crippen MR) is 68.5 cm³/mol. The van der Waals surface area contributed by atoms with Crippen molar-refractivity contribution in [3.8, 4) is 0 Å². The first-order valence-electron chi connectivity index (χ1n) is 6.35. The fraction of sp³-hybridized carbons (Fsp3) is 1.00. The Kier molecular flexibility index (Phi) is 4.35. The molecule has 0 amide bonds. The summed E-state index contributed by atoms with van der Waals surface area (Å²) in [5, 5.41) is 3.52. The Morgan fingerprint density at radius 3 is 3.00 bits per heavy atom. The Hall–Kier alpha value is 0.270. The van der Waals surface area contributed by atoms with Crippen LogP contribution in [-0.4, -0.2) is 48.6 Å². The molecule has 0 aromatic rings. The molecule has 15 heavy (non-hydrogen) atoms. The molecule has 0 aliphatic carbocycles. The summed E-state index contributed by atoms with van der Waals surface area (Å²) < 4.78 is 0. The Labute approximate surface area is 98.2 Å². The van der Waals surface area contributed by atoms with Gasteiger partial charge in [-0.2, -0.15) is 11.8 Å². The zero-order chi connectivity index (χ0) is 10.7. The number of hydrogen-bond donors (Lipinski definition) is 1. The van der Waals surface area contributed by atoms with Crippen molar-refractivity contribution >= 4 is 11.8 Å². The Morgan fingerprint density at radius 2 is 2.27 bits per heavy atom. The van der Waals surface area contributed by atoms with Gasteiger partial charge < -0.3 is 5.32 Å². The van der Waals surface area contributed by atoms with E-state index in [4.69, 9.17) is 0 Å². The van der Waals surface area contributed by atoms with Crippen molar-refractivity contribution in [3.63, 3.8) is 0 Å². The van der Waals surface area contributed by atoms with E-state index in [1.54, 1.807) is 0 Å². The fourth-order valence-corrected chi connectivity index (χ4v) is 3.69. The normalized spacial score (nSPS) is 36.0. The first kappa shape index (κ1) is 11.7. The van der Waals surface area contributed by atoms with E-state index in [9.17, 15) is 0 Å². The average molecular weight is 228 g/mol. The maximum Gasteiger partial charge on any atom is 0.0111 e. The third kappa shape index (κ3) is 2.69. The molecule has 2 heterocycles. The van der Waals surface area contributed by atoms with E-state index < -0.39 is 0 Å². The van der Waals surface area contributed by atoms with Crippen molar-refractivity contribution in [2.24, 2.45) is 11.8 Å². The summed E-state index contributed by atoms with van der Waals surface area (Å²) in [4.78, 5) is 2.71. The zero-order valence-electron chi connectivity index (χ0n) is 10.0. The van der Waals surface area contributed by atoms with Gasteiger partial charge in [-0.15, -0.1) is 0 Å². The van der Waals surface area contributed by atoms with E-state index in [0.29, 0.717) is 0 Å². The molecular weight excluding hydrogens is 204 g/mol. The SMILES string of the molecule is CCSCCCN1CC2CNCC2C1C. The largest absolute Gasteiger partial charge is 0.316 e. The minimum atomic E-state index is 0.816. The standard InChI is InChI=1S/C12H24N2S/c1-3-15-6-4-5-14-9-11-7-13-8-12(11)10(14)2/h10-13H,3-9H2,1-2H3. The lowest BCUT2D eigenvalue weighted by Gasteiger charge is -2.23. The predicted octanol–water partition coefficient (Wildman–Crippen LogP) is 1.67. The molecule has 88 valence electrons. The van der Waals surface area contributed by atoms with Crippen LogP contribution in [0.15, 0.2) is 0 Å². The van der Waals surface area contributed by atoms with Gasteiger partial charge in [-0.1, -0.05) is 6.92 Å². The number of fused-ring (bicyclic) bond motifs is 1. The summed E-state index contributed by atoms with van der Waals surface area (Å²) in [6.07, 6.45) is 1.37. The van der Waals surface area contributed by atoms with Gasteiger partial charge in [0.25, 0.3) is 0 Å². The molecule has 1 N–H and O–H groups in total. The number of nitrogens with one attached hydrogen (secondary N) is 1. The highest BCUT2D eigenvalue weighted by Crippen LogP contribution is 2.32. The smallest absolute Gasteiger partial charge is 0.0111 e. The molecule has 0 saturated carbocycles. The molecule has 2 aliphatic heterocycles. The zero-order valence-corrected chi connectivity index (χ0v) is 10.9. The summed E-state index contributed by atoms with van der Waals surface area (Å²) in [6.45, 7) is 9.85. The quantitative estimate of drug-likeness (QED) is 0.721. The van der Waals surface area contributed by atoms with Crippen LogP contribution in [0.25, 0.3) is 0 Å². The molecule has 2 nitrogen and oxygen atoms in total. The number of thioether (sulfide) groups is 1. The van der Waals surface area contributed by atoms with Crippen LogP contribution in [-0.2, 0) is 0 Å². The summed E-state index contributed by atoms with van der Waals surface area (Å²) in [5.41, 5.74) is 0. The molecule has 2 fully saturated rings. The minimum Gasteiger partial charge on any atom is -0.316 e. The first-order chi connectivity index (χ1) is 7.33. The highest BCUT2D eigenvalue weighted by molar-refractivity contribution is 7.99. The van der Waals surface area contributed by atoms with E-state index in [1.165, 1.54) is 44.1 Å². The van der Waals surface area contributed by atoms with Crippen molar-refractivity contribution in [1.82, 2.24) is 10.2 Å². The molecule has 2 aliphatic rings. The van der Waals surface area contributed by atoms with Crippen molar-refractivity contribution in [2.45, 2.75) is 26.3 Å². The molecule has 0 bridgehead atoms. The number of likely N-dealkylation sites (tertiary alicyclic amines) is 1. The van der Waals surface area contributed by atoms with E-state index in [-0.39, 0.29) is 0 Å². The topological polar surface area (TPSA) is 15.3 Å². The lowest BCUT2D eigenvalue weighted by Crippen LogP contribution is -2.34. The van der Waals surface area contributed by atoms with Gasteiger partial charge in [0, 0.05) is 12.6 Å². The van der Waals surface area contributed by atoms with Crippen LogP contribution in [0.5, 0.6) is 0 Å². The van der Waals surface area contributed by atoms with Crippen LogP contribution in [0.1, 0.15) is 20.3 Å². The van der Waals surface area contributed by atoms with Crippen LogP contribution in [0.2, 0.25) is 0 Å². The van der Waals surface area contributed by atoms with Crippen LogP contribution < -0.4 is 5.32 Å². The monoisotopic (exact) mass is 228 g/mol. The summed E-state index contributed by atoms with van der Waals surface area (Å²) in [6, 6.07) is 0.816. The van der Waals surface area contributed by atoms with Gasteiger partial charge in [0.15, 0.2) is 0 Å². The van der Waals surface area contributed by atoms with Gasteiger partial charge in [0.2, 0.25) is 0 Å². The summed E-state index contributed by atoms with van der Waals surface area (Å²) >= 11 is 2.08. The van der Waals surface area contributed by atoms with Crippen LogP contribution in [0, 0.1) is 11.8 Å². The molecule has 3 heteroatoms. The maximum absolute atomic E-state index is 3.52. The highest BCUT2D eigenvalue weighted by atomic mass is 32.2. The Balaban J connectivity index is 1.70. The average Bonchev–Trinajstić information content (AvgIpc) is 2.78. The van der Waals surface area contributed by atoms with Crippen molar-refractivity contribution in [2.75, 3.05) is 37.7 Å². The second-order valence-electron chi connectivity index (χ2n) is 4.87. The second-order valence-corrected chi connectivity index (χ2v) is 6.26. The molecule has 3 atom stereocenters. The highest BCUT2D eigenvalue weighted by Gasteiger charge is 2.41. The minimum absolute atomic E-state index is 0.816. The molecule has 0 spiro atoms. The van der Waals surface area contributed by atoms with E-state index >= 15 is 0 Å². The number of nitrogens with zero attached hydrogens (tertiary/aromatic N) is 1. The lowest BCUT2D eigenvalue weighted by atomic mass is 9.95. The Morgan fingerprint density at radius 1 is 1.40 bits per heavy atom. The number of rotatable bonds is 5. The fourth-order valence-electron chi connectivity index (χ4n) is 3.07. The molecule has 0 radical (unpaired) electrons. The van der Waals surface area contributed by atoms with Crippen molar-refractivity contribution in [3.05, 3.63) is 0 Å². The lowest BCUT2D eigenvalue weighted by molar-refractivity contribution is 0.241. The van der Waals surface area contributed by atoms with Gasteiger partial charge >= 0.3 is 0 Å². The summed E-state index contributed by atoms with van der Waals surface area (Å²) in [7, 11) is 0. The van der Waals surface area contributed by atoms with Gasteiger partial charge in [-0.3, -0.25) is 4.90 Å². The van der Waals surface area contributed by atoms with Gasteiger partial charge in [0.1, 0.15) is 0 Å². The van der Waals surface area contributed by atoms with Crippen molar-refractivity contribution < 1.29 is 0 Å². The third-order valence-corrected chi connectivity index (χ3v) is 4.98. The molecule has 0 aromatic carbocycles. The molecule has 2 saturated heterocycles. The molecule has 0 aromatic heterocycles.